The van der Waals surface area contributed by atoms with Gasteiger partial charge in [0, 0.05) is 27.9 Å². The molecule has 0 bridgehead atoms. The molecule has 0 aliphatic carbocycles. The Morgan fingerprint density at radius 3 is 2.14 bits per heavy atom. The third kappa shape index (κ3) is 5.52. The molecule has 0 saturated carbocycles. The fourth-order valence-electron chi connectivity index (χ4n) is 2.38. The van der Waals surface area contributed by atoms with E-state index in [-0.39, 0.29) is 15.7 Å². The van der Waals surface area contributed by atoms with E-state index in [1.165, 1.54) is 18.2 Å². The van der Waals surface area contributed by atoms with Crippen molar-refractivity contribution in [3.05, 3.63) is 39.9 Å². The van der Waals surface area contributed by atoms with Crippen LogP contribution in [0.2, 0.25) is 10.0 Å². The molecule has 1 heterocycles. The second kappa shape index (κ2) is 8.38. The van der Waals surface area contributed by atoms with Gasteiger partial charge in [-0.1, -0.05) is 58.0 Å². The molecule has 2 N–H and O–H groups in total. The minimum Gasteiger partial charge on any atom is -0.494 e. The van der Waals surface area contributed by atoms with E-state index in [4.69, 9.17) is 62.7 Å². The molecule has 0 saturated heterocycles. The van der Waals surface area contributed by atoms with E-state index >= 15 is 0 Å². The van der Waals surface area contributed by atoms with Crippen molar-refractivity contribution >= 4 is 73.8 Å². The molecule has 1 aromatic heterocycles. The normalized spacial score (nSPS) is 13.4. The molecule has 0 aliphatic heterocycles. The highest BCUT2D eigenvalue weighted by atomic mass is 35.6. The zero-order valence-corrected chi connectivity index (χ0v) is 18.5. The Morgan fingerprint density at radius 1 is 1.14 bits per heavy atom. The number of hydrogen-bond acceptors (Lipinski definition) is 6. The van der Waals surface area contributed by atoms with Crippen LogP contribution in [0.25, 0.3) is 5.69 Å². The Balaban J connectivity index is 2.56. The molecule has 0 aliphatic rings. The summed E-state index contributed by atoms with van der Waals surface area (Å²) in [6, 6.07) is 5.02. The van der Waals surface area contributed by atoms with Crippen molar-refractivity contribution in [2.24, 2.45) is 0 Å². The smallest absolute Gasteiger partial charge is 0.329 e. The number of halogens is 5. The molecule has 154 valence electrons. The highest BCUT2D eigenvalue weighted by molar-refractivity contribution is 7.91. The Bertz CT molecular complexity index is 994. The summed E-state index contributed by atoms with van der Waals surface area (Å²) < 4.78 is 28.0. The maximum atomic E-state index is 12.3. The van der Waals surface area contributed by atoms with E-state index in [0.717, 1.165) is 16.9 Å². The average Bonchev–Trinajstić information content (AvgIpc) is 2.77. The van der Waals surface area contributed by atoms with Crippen molar-refractivity contribution < 1.29 is 28.2 Å². The highest BCUT2D eigenvalue weighted by Crippen LogP contribution is 2.40. The number of ether oxygens (including phenoxy) is 1. The Kier molecular flexibility index (Phi) is 6.95. The van der Waals surface area contributed by atoms with E-state index in [0.29, 0.717) is 0 Å². The van der Waals surface area contributed by atoms with Gasteiger partial charge in [0.2, 0.25) is 9.67 Å². The molecular formula is C15H12Cl5NO6S. The first-order valence-electron chi connectivity index (χ1n) is 7.23. The van der Waals surface area contributed by atoms with Crippen LogP contribution in [0.4, 0.5) is 0 Å². The number of aromatic nitrogens is 1. The molecule has 13 heteroatoms. The fraction of sp³-hybridized carbons (Fsp3) is 0.267. The molecule has 0 amide bonds. The molecule has 1 aromatic carbocycles. The van der Waals surface area contributed by atoms with Crippen LogP contribution in [0.3, 0.4) is 0 Å². The lowest BCUT2D eigenvalue weighted by atomic mass is 10.2. The summed E-state index contributed by atoms with van der Waals surface area (Å²) in [4.78, 5) is 12.3. The summed E-state index contributed by atoms with van der Waals surface area (Å²) in [7, 11) is -4.15. The molecule has 0 spiro atoms. The largest absolute Gasteiger partial charge is 0.494 e. The third-order valence-corrected chi connectivity index (χ3v) is 5.46. The standard InChI is InChI=1S/C15H12Cl5NO6S/c1-28(25,26)12(14(24)27-6-15(18,19)20)10-5-11(22)21(13(10)23)9-3-7(16)2-8(17)4-9/h2-5,12,22-23H,6H2,1H3. The molecule has 0 fully saturated rings. The second-order valence-electron chi connectivity index (χ2n) is 5.68. The zero-order chi connectivity index (χ0) is 21.4. The summed E-state index contributed by atoms with van der Waals surface area (Å²) in [5.74, 6) is -2.61. The Hall–Kier alpha value is -1.03. The molecule has 0 radical (unpaired) electrons. The predicted molar refractivity (Wildman–Crippen MR) is 108 cm³/mol. The van der Waals surface area contributed by atoms with Gasteiger partial charge < -0.3 is 14.9 Å². The predicted octanol–water partition coefficient (Wildman–Crippen LogP) is 4.19. The zero-order valence-electron chi connectivity index (χ0n) is 13.9. The van der Waals surface area contributed by atoms with Gasteiger partial charge in [-0.25, -0.2) is 8.42 Å². The summed E-state index contributed by atoms with van der Waals surface area (Å²) in [5, 5.41) is 19.1. The fourth-order valence-corrected chi connectivity index (χ4v) is 4.11. The van der Waals surface area contributed by atoms with E-state index in [1.54, 1.807) is 0 Å². The van der Waals surface area contributed by atoms with Gasteiger partial charge in [-0.05, 0) is 18.2 Å². The first-order valence-corrected chi connectivity index (χ1v) is 11.1. The van der Waals surface area contributed by atoms with Crippen LogP contribution in [-0.2, 0) is 19.4 Å². The van der Waals surface area contributed by atoms with Crippen LogP contribution in [0, 0.1) is 0 Å². The average molecular weight is 512 g/mol. The molecule has 2 rings (SSSR count). The number of carbonyl (C=O) groups is 1. The van der Waals surface area contributed by atoms with Gasteiger partial charge in [-0.2, -0.15) is 0 Å². The Morgan fingerprint density at radius 2 is 1.68 bits per heavy atom. The summed E-state index contributed by atoms with van der Waals surface area (Å²) in [5.41, 5.74) is -0.314. The van der Waals surface area contributed by atoms with Crippen molar-refractivity contribution in [3.63, 3.8) is 0 Å². The topological polar surface area (TPSA) is 106 Å². The van der Waals surface area contributed by atoms with E-state index in [1.807, 2.05) is 0 Å². The number of carbonyl (C=O) groups excluding carboxylic acids is 1. The van der Waals surface area contributed by atoms with Crippen molar-refractivity contribution in [1.29, 1.82) is 0 Å². The van der Waals surface area contributed by atoms with Crippen molar-refractivity contribution in [2.75, 3.05) is 12.9 Å². The lowest BCUT2D eigenvalue weighted by molar-refractivity contribution is -0.143. The van der Waals surface area contributed by atoms with Gasteiger partial charge in [-0.15, -0.1) is 0 Å². The van der Waals surface area contributed by atoms with E-state index < -0.39 is 48.8 Å². The number of aromatic hydroxyl groups is 2. The van der Waals surface area contributed by atoms with Crippen LogP contribution in [-0.4, -0.2) is 45.8 Å². The van der Waals surface area contributed by atoms with E-state index in [2.05, 4.69) is 0 Å². The maximum Gasteiger partial charge on any atom is 0.329 e. The minimum absolute atomic E-state index is 0.126. The van der Waals surface area contributed by atoms with Crippen LogP contribution < -0.4 is 0 Å². The lowest BCUT2D eigenvalue weighted by Crippen LogP contribution is -2.26. The second-order valence-corrected chi connectivity index (χ2v) is 11.2. The number of esters is 1. The van der Waals surface area contributed by atoms with Crippen molar-refractivity contribution in [2.45, 2.75) is 9.04 Å². The number of alkyl halides is 3. The number of hydrogen-bond donors (Lipinski definition) is 2. The van der Waals surface area contributed by atoms with Gasteiger partial charge in [-0.3, -0.25) is 9.36 Å². The van der Waals surface area contributed by atoms with Crippen LogP contribution in [0.5, 0.6) is 11.8 Å². The first-order chi connectivity index (χ1) is 12.7. The molecule has 28 heavy (non-hydrogen) atoms. The summed E-state index contributed by atoms with van der Waals surface area (Å²) >= 11 is 28.3. The van der Waals surface area contributed by atoms with E-state index in [9.17, 15) is 23.4 Å². The number of sulfone groups is 1. The lowest BCUT2D eigenvalue weighted by Gasteiger charge is -2.17. The third-order valence-electron chi connectivity index (χ3n) is 3.39. The SMILES string of the molecule is CS(=O)(=O)C(C(=O)OCC(Cl)(Cl)Cl)c1cc(O)n(-c2cc(Cl)cc(Cl)c2)c1O. The van der Waals surface area contributed by atoms with Gasteiger partial charge in [0.15, 0.2) is 21.0 Å². The molecular weight excluding hydrogens is 499 g/mol. The molecule has 1 atom stereocenters. The van der Waals surface area contributed by atoms with Crippen LogP contribution >= 0.6 is 58.0 Å². The van der Waals surface area contributed by atoms with Crippen molar-refractivity contribution in [1.82, 2.24) is 4.57 Å². The summed E-state index contributed by atoms with van der Waals surface area (Å²) in [6.45, 7) is -0.722. The Labute approximate surface area is 185 Å². The quantitative estimate of drug-likeness (QED) is 0.461. The van der Waals surface area contributed by atoms with Crippen LogP contribution in [0.1, 0.15) is 10.8 Å². The van der Waals surface area contributed by atoms with Gasteiger partial charge >= 0.3 is 5.97 Å². The molecule has 7 nitrogen and oxygen atoms in total. The minimum atomic E-state index is -4.15. The number of benzene rings is 1. The van der Waals surface area contributed by atoms with Crippen LogP contribution in [0.15, 0.2) is 24.3 Å². The first kappa shape index (κ1) is 23.3. The van der Waals surface area contributed by atoms with Gasteiger partial charge in [0.1, 0.15) is 6.61 Å². The number of nitrogens with zero attached hydrogens (tertiary/aromatic N) is 1. The molecule has 2 aromatic rings. The maximum absolute atomic E-state index is 12.3. The molecule has 1 unspecified atom stereocenters. The monoisotopic (exact) mass is 509 g/mol. The van der Waals surface area contributed by atoms with Gasteiger partial charge in [0.05, 0.1) is 5.69 Å². The number of rotatable bonds is 5. The van der Waals surface area contributed by atoms with Gasteiger partial charge in [0.25, 0.3) is 0 Å². The summed E-state index contributed by atoms with van der Waals surface area (Å²) in [6.07, 6.45) is 0.748. The van der Waals surface area contributed by atoms with Crippen molar-refractivity contribution in [3.8, 4) is 17.4 Å². The highest BCUT2D eigenvalue weighted by Gasteiger charge is 2.38.